The van der Waals surface area contributed by atoms with Gasteiger partial charge in [-0.15, -0.1) is 0 Å². The molecule has 4 heteroatoms. The Kier molecular flexibility index (Phi) is 7.30. The van der Waals surface area contributed by atoms with E-state index in [1.807, 2.05) is 57.2 Å². The van der Waals surface area contributed by atoms with Crippen LogP contribution in [0.3, 0.4) is 0 Å². The summed E-state index contributed by atoms with van der Waals surface area (Å²) in [6, 6.07) is 17.5. The maximum absolute atomic E-state index is 13.3. The number of esters is 2. The van der Waals surface area contributed by atoms with Crippen LogP contribution < -0.4 is 0 Å². The molecule has 2 unspecified atom stereocenters. The first-order valence-corrected chi connectivity index (χ1v) is 10.9. The van der Waals surface area contributed by atoms with E-state index in [2.05, 4.69) is 12.1 Å². The van der Waals surface area contributed by atoms with Crippen LogP contribution in [0, 0.1) is 18.3 Å². The third kappa shape index (κ3) is 5.29. The van der Waals surface area contributed by atoms with E-state index in [0.717, 1.165) is 18.4 Å². The second kappa shape index (κ2) is 9.92. The molecule has 160 valence electrons. The molecule has 0 spiro atoms. The molecular weight excluding hydrogens is 376 g/mol. The predicted molar refractivity (Wildman–Crippen MR) is 117 cm³/mol. The molecule has 0 radical (unpaired) electrons. The van der Waals surface area contributed by atoms with E-state index in [1.54, 1.807) is 6.07 Å². The van der Waals surface area contributed by atoms with Crippen molar-refractivity contribution >= 4 is 11.9 Å². The van der Waals surface area contributed by atoms with Gasteiger partial charge in [-0.2, -0.15) is 0 Å². The molecule has 2 aromatic rings. The highest BCUT2D eigenvalue weighted by molar-refractivity contribution is 5.90. The minimum Gasteiger partial charge on any atom is -0.465 e. The quantitative estimate of drug-likeness (QED) is 0.540. The Morgan fingerprint density at radius 1 is 1.10 bits per heavy atom. The van der Waals surface area contributed by atoms with Crippen molar-refractivity contribution < 1.29 is 19.1 Å². The van der Waals surface area contributed by atoms with Gasteiger partial charge in [-0.05, 0) is 62.6 Å². The summed E-state index contributed by atoms with van der Waals surface area (Å²) in [4.78, 5) is 26.1. The molecule has 1 aliphatic carbocycles. The van der Waals surface area contributed by atoms with E-state index in [9.17, 15) is 9.59 Å². The molecule has 2 atom stereocenters. The van der Waals surface area contributed by atoms with Gasteiger partial charge >= 0.3 is 11.9 Å². The van der Waals surface area contributed by atoms with Crippen molar-refractivity contribution in [3.63, 3.8) is 0 Å². The lowest BCUT2D eigenvalue weighted by atomic mass is 9.78. The Balaban J connectivity index is 1.81. The van der Waals surface area contributed by atoms with Crippen molar-refractivity contribution in [1.82, 2.24) is 0 Å². The molecule has 1 saturated carbocycles. The van der Waals surface area contributed by atoms with Gasteiger partial charge in [0.25, 0.3) is 0 Å². The number of carbonyl (C=O) groups excluding carboxylic acids is 2. The SMILES string of the molecule is Cc1cccc(C(=O)OC2CCCC2(CCc2ccccc2)C(=O)OCC(C)C)c1. The van der Waals surface area contributed by atoms with E-state index in [4.69, 9.17) is 9.47 Å². The molecular formula is C26H32O4. The minimum absolute atomic E-state index is 0.230. The van der Waals surface area contributed by atoms with Gasteiger partial charge in [-0.3, -0.25) is 4.79 Å². The largest absolute Gasteiger partial charge is 0.465 e. The standard InChI is InChI=1S/C26H32O4/c1-19(2)18-29-25(28)26(16-14-21-10-5-4-6-11-21)15-8-13-23(26)30-24(27)22-12-7-9-20(3)17-22/h4-7,9-12,17,19,23H,8,13-16,18H2,1-3H3. The number of carbonyl (C=O) groups is 2. The maximum atomic E-state index is 13.3. The summed E-state index contributed by atoms with van der Waals surface area (Å²) in [5, 5.41) is 0. The van der Waals surface area contributed by atoms with Crippen LogP contribution in [0.1, 0.15) is 61.0 Å². The Hall–Kier alpha value is -2.62. The van der Waals surface area contributed by atoms with E-state index in [0.29, 0.717) is 31.4 Å². The average Bonchev–Trinajstić information content (AvgIpc) is 3.14. The van der Waals surface area contributed by atoms with E-state index in [-0.39, 0.29) is 17.9 Å². The van der Waals surface area contributed by atoms with Crippen LogP contribution in [-0.4, -0.2) is 24.6 Å². The fourth-order valence-corrected chi connectivity index (χ4v) is 4.20. The molecule has 0 heterocycles. The van der Waals surface area contributed by atoms with Crippen molar-refractivity contribution in [3.05, 3.63) is 71.3 Å². The van der Waals surface area contributed by atoms with Gasteiger partial charge in [0.2, 0.25) is 0 Å². The number of hydrogen-bond donors (Lipinski definition) is 0. The summed E-state index contributed by atoms with van der Waals surface area (Å²) < 4.78 is 11.6. The topological polar surface area (TPSA) is 52.6 Å². The molecule has 2 aromatic carbocycles. The molecule has 0 aliphatic heterocycles. The van der Waals surface area contributed by atoms with Crippen LogP contribution in [0.15, 0.2) is 54.6 Å². The van der Waals surface area contributed by atoms with Crippen molar-refractivity contribution in [2.75, 3.05) is 6.61 Å². The first-order chi connectivity index (χ1) is 14.4. The van der Waals surface area contributed by atoms with Crippen LogP contribution in [-0.2, 0) is 20.7 Å². The van der Waals surface area contributed by atoms with Gasteiger partial charge in [-0.25, -0.2) is 4.79 Å². The van der Waals surface area contributed by atoms with Gasteiger partial charge in [0.05, 0.1) is 12.2 Å². The third-order valence-electron chi connectivity index (χ3n) is 5.87. The highest BCUT2D eigenvalue weighted by atomic mass is 16.6. The lowest BCUT2D eigenvalue weighted by Gasteiger charge is -2.33. The molecule has 0 N–H and O–H groups in total. The van der Waals surface area contributed by atoms with E-state index < -0.39 is 11.5 Å². The van der Waals surface area contributed by atoms with Gasteiger partial charge in [0.15, 0.2) is 0 Å². The van der Waals surface area contributed by atoms with Gasteiger partial charge in [0, 0.05) is 0 Å². The molecule has 1 aliphatic rings. The zero-order valence-corrected chi connectivity index (χ0v) is 18.2. The Morgan fingerprint density at radius 2 is 1.87 bits per heavy atom. The zero-order chi connectivity index (χ0) is 21.6. The van der Waals surface area contributed by atoms with Gasteiger partial charge in [-0.1, -0.05) is 61.9 Å². The van der Waals surface area contributed by atoms with Crippen LogP contribution in [0.5, 0.6) is 0 Å². The van der Waals surface area contributed by atoms with Gasteiger partial charge < -0.3 is 9.47 Å². The second-order valence-corrected chi connectivity index (χ2v) is 8.79. The normalized spacial score (nSPS) is 20.9. The summed E-state index contributed by atoms with van der Waals surface area (Å²) in [6.45, 7) is 6.37. The lowest BCUT2D eigenvalue weighted by Crippen LogP contribution is -2.43. The first-order valence-electron chi connectivity index (χ1n) is 10.9. The van der Waals surface area contributed by atoms with Crippen LogP contribution in [0.25, 0.3) is 0 Å². The highest BCUT2D eigenvalue weighted by Gasteiger charge is 2.52. The summed E-state index contributed by atoms with van der Waals surface area (Å²) in [6.07, 6.45) is 3.10. The average molecular weight is 409 g/mol. The highest BCUT2D eigenvalue weighted by Crippen LogP contribution is 2.45. The monoisotopic (exact) mass is 408 g/mol. The number of aryl methyl sites for hydroxylation is 2. The van der Waals surface area contributed by atoms with Crippen molar-refractivity contribution in [1.29, 1.82) is 0 Å². The second-order valence-electron chi connectivity index (χ2n) is 8.79. The van der Waals surface area contributed by atoms with E-state index >= 15 is 0 Å². The fourth-order valence-electron chi connectivity index (χ4n) is 4.20. The lowest BCUT2D eigenvalue weighted by molar-refractivity contribution is -0.163. The summed E-state index contributed by atoms with van der Waals surface area (Å²) in [5.74, 6) is -0.340. The molecule has 1 fully saturated rings. The van der Waals surface area contributed by atoms with Crippen molar-refractivity contribution in [2.45, 2.75) is 59.0 Å². The first kappa shape index (κ1) is 22.1. The fraction of sp³-hybridized carbons (Fsp3) is 0.462. The van der Waals surface area contributed by atoms with Crippen molar-refractivity contribution in [3.8, 4) is 0 Å². The molecule has 0 bridgehead atoms. The maximum Gasteiger partial charge on any atom is 0.338 e. The summed E-state index contributed by atoms with van der Waals surface area (Å²) in [7, 11) is 0. The Morgan fingerprint density at radius 3 is 2.57 bits per heavy atom. The van der Waals surface area contributed by atoms with E-state index in [1.165, 1.54) is 5.56 Å². The van der Waals surface area contributed by atoms with Crippen LogP contribution in [0.4, 0.5) is 0 Å². The summed E-state index contributed by atoms with van der Waals surface area (Å²) in [5.41, 5.74) is 1.91. The smallest absolute Gasteiger partial charge is 0.338 e. The number of benzene rings is 2. The molecule has 3 rings (SSSR count). The zero-order valence-electron chi connectivity index (χ0n) is 18.2. The molecule has 0 amide bonds. The predicted octanol–water partition coefficient (Wildman–Crippen LogP) is 5.52. The molecule has 0 aromatic heterocycles. The van der Waals surface area contributed by atoms with Gasteiger partial charge in [0.1, 0.15) is 11.5 Å². The summed E-state index contributed by atoms with van der Waals surface area (Å²) >= 11 is 0. The molecule has 0 saturated heterocycles. The number of hydrogen-bond acceptors (Lipinski definition) is 4. The van der Waals surface area contributed by atoms with Crippen LogP contribution in [0.2, 0.25) is 0 Å². The minimum atomic E-state index is -0.787. The Bertz CT molecular complexity index is 858. The van der Waals surface area contributed by atoms with Crippen molar-refractivity contribution in [2.24, 2.45) is 11.3 Å². The third-order valence-corrected chi connectivity index (χ3v) is 5.87. The van der Waals surface area contributed by atoms with Crippen LogP contribution >= 0.6 is 0 Å². The molecule has 30 heavy (non-hydrogen) atoms. The number of ether oxygens (including phenoxy) is 2. The Labute approximate surface area is 179 Å². The molecule has 4 nitrogen and oxygen atoms in total. The number of rotatable bonds is 8.